The Labute approximate surface area is 205 Å². The average molecular weight is 487 g/mol. The summed E-state index contributed by atoms with van der Waals surface area (Å²) in [5, 5.41) is 10.8. The topological polar surface area (TPSA) is 87.1 Å². The third-order valence-corrected chi connectivity index (χ3v) is 7.89. The minimum Gasteiger partial charge on any atom is -0.284 e. The molecule has 0 saturated heterocycles. The van der Waals surface area contributed by atoms with Gasteiger partial charge in [0.1, 0.15) is 5.82 Å². The lowest BCUT2D eigenvalue weighted by molar-refractivity contribution is 0.326. The number of aromatic nitrogens is 6. The smallest absolute Gasteiger partial charge is 0.262 e. The fourth-order valence-corrected chi connectivity index (χ4v) is 6.19. The Balaban J connectivity index is 1.47. The Kier molecular flexibility index (Phi) is 5.64. The molecule has 3 aromatic heterocycles. The van der Waals surface area contributed by atoms with E-state index in [2.05, 4.69) is 10.2 Å². The van der Waals surface area contributed by atoms with Crippen molar-refractivity contribution in [3.63, 3.8) is 0 Å². The number of nitrogens with zero attached hydrogens (tertiary/aromatic N) is 6. The molecule has 3 heterocycles. The lowest BCUT2D eigenvalue weighted by Crippen LogP contribution is -2.29. The summed E-state index contributed by atoms with van der Waals surface area (Å²) in [5.74, 6) is 1.73. The predicted octanol–water partition coefficient (Wildman–Crippen LogP) is 4.57. The second kappa shape index (κ2) is 8.96. The van der Waals surface area contributed by atoms with Crippen molar-refractivity contribution >= 4 is 39.3 Å². The highest BCUT2D eigenvalue weighted by Gasteiger charge is 2.23. The van der Waals surface area contributed by atoms with Gasteiger partial charge in [0.15, 0.2) is 5.16 Å². The molecule has 0 spiro atoms. The quantitative estimate of drug-likeness (QED) is 0.267. The normalized spacial score (nSPS) is 14.9. The molecule has 1 fully saturated rings. The van der Waals surface area contributed by atoms with Gasteiger partial charge in [0, 0.05) is 12.6 Å². The maximum atomic E-state index is 13.6. The van der Waals surface area contributed by atoms with E-state index in [0.29, 0.717) is 39.5 Å². The van der Waals surface area contributed by atoms with Crippen LogP contribution in [0.4, 0.5) is 0 Å². The third kappa shape index (κ3) is 3.65. The highest BCUT2D eigenvalue weighted by Crippen LogP contribution is 2.32. The van der Waals surface area contributed by atoms with Crippen LogP contribution in [0.2, 0.25) is 0 Å². The summed E-state index contributed by atoms with van der Waals surface area (Å²) in [6.45, 7) is 2.44. The van der Waals surface area contributed by atoms with E-state index in [1.54, 1.807) is 4.57 Å². The van der Waals surface area contributed by atoms with Gasteiger partial charge in [-0.15, -0.1) is 10.2 Å². The Morgan fingerprint density at radius 3 is 2.46 bits per heavy atom. The van der Waals surface area contributed by atoms with Crippen LogP contribution >= 0.6 is 11.8 Å². The summed E-state index contributed by atoms with van der Waals surface area (Å²) >= 11 is 1.51. The van der Waals surface area contributed by atoms with Crippen LogP contribution in [0, 0.1) is 0 Å². The molecule has 0 radical (unpaired) electrons. The van der Waals surface area contributed by atoms with E-state index >= 15 is 0 Å². The third-order valence-electron chi connectivity index (χ3n) is 6.94. The monoisotopic (exact) mass is 486 g/mol. The Morgan fingerprint density at radius 2 is 1.66 bits per heavy atom. The van der Waals surface area contributed by atoms with E-state index in [4.69, 9.17) is 4.98 Å². The van der Waals surface area contributed by atoms with Gasteiger partial charge in [-0.25, -0.2) is 4.98 Å². The molecule has 1 saturated carbocycles. The number of hydrogen-bond donors (Lipinski definition) is 0. The first-order valence-corrected chi connectivity index (χ1v) is 13.2. The standard InChI is InChI=1S/C26H26N6O2S/c1-2-30-23(33)19-13-7-9-15-21(19)32-22(28-29-25(30)32)16-35-26-27-20-14-8-6-12-18(20)24(34)31(26)17-10-4-3-5-11-17/h6-9,12-15,17H,2-5,10-11,16H2,1H3. The zero-order valence-corrected chi connectivity index (χ0v) is 20.4. The summed E-state index contributed by atoms with van der Waals surface area (Å²) in [6, 6.07) is 15.3. The van der Waals surface area contributed by atoms with Crippen LogP contribution in [-0.2, 0) is 12.3 Å². The molecule has 0 bridgehead atoms. The molecule has 178 valence electrons. The van der Waals surface area contributed by atoms with Crippen molar-refractivity contribution < 1.29 is 0 Å². The van der Waals surface area contributed by atoms with Gasteiger partial charge in [0.05, 0.1) is 27.6 Å². The van der Waals surface area contributed by atoms with Gasteiger partial charge >= 0.3 is 0 Å². The van der Waals surface area contributed by atoms with Crippen LogP contribution in [0.5, 0.6) is 0 Å². The van der Waals surface area contributed by atoms with Gasteiger partial charge in [-0.05, 0) is 44.0 Å². The number of hydrogen-bond acceptors (Lipinski definition) is 6. The van der Waals surface area contributed by atoms with Crippen LogP contribution in [-0.4, -0.2) is 28.7 Å². The van der Waals surface area contributed by atoms with Gasteiger partial charge < -0.3 is 0 Å². The van der Waals surface area contributed by atoms with Gasteiger partial charge in [-0.2, -0.15) is 0 Å². The number of fused-ring (bicyclic) bond motifs is 4. The van der Waals surface area contributed by atoms with Crippen LogP contribution < -0.4 is 11.1 Å². The van der Waals surface area contributed by atoms with Crippen molar-refractivity contribution in [1.82, 2.24) is 28.7 Å². The van der Waals surface area contributed by atoms with Gasteiger partial charge in [-0.3, -0.25) is 23.1 Å². The molecule has 0 atom stereocenters. The van der Waals surface area contributed by atoms with E-state index in [9.17, 15) is 9.59 Å². The van der Waals surface area contributed by atoms with Crippen LogP contribution in [0.15, 0.2) is 63.3 Å². The van der Waals surface area contributed by atoms with Crippen molar-refractivity contribution in [2.24, 2.45) is 0 Å². The van der Waals surface area contributed by atoms with Crippen molar-refractivity contribution in [1.29, 1.82) is 0 Å². The summed E-state index contributed by atoms with van der Waals surface area (Å²) in [7, 11) is 0. The lowest BCUT2D eigenvalue weighted by Gasteiger charge is -2.26. The molecule has 0 amide bonds. The first-order chi connectivity index (χ1) is 17.2. The molecule has 2 aromatic carbocycles. The molecular formula is C26H26N6O2S. The number of thioether (sulfide) groups is 1. The fourth-order valence-electron chi connectivity index (χ4n) is 5.21. The van der Waals surface area contributed by atoms with Crippen LogP contribution in [0.3, 0.4) is 0 Å². The minimum absolute atomic E-state index is 0.0290. The van der Waals surface area contributed by atoms with Crippen LogP contribution in [0.1, 0.15) is 50.9 Å². The fraction of sp³-hybridized carbons (Fsp3) is 0.346. The molecule has 6 rings (SSSR count). The molecule has 1 aliphatic carbocycles. The Hall–Kier alpha value is -3.46. The Morgan fingerprint density at radius 1 is 0.914 bits per heavy atom. The summed E-state index contributed by atoms with van der Waals surface area (Å²) < 4.78 is 5.52. The predicted molar refractivity (Wildman–Crippen MR) is 138 cm³/mol. The highest BCUT2D eigenvalue weighted by molar-refractivity contribution is 7.98. The van der Waals surface area contributed by atoms with Crippen molar-refractivity contribution in [3.05, 3.63) is 75.1 Å². The highest BCUT2D eigenvalue weighted by atomic mass is 32.2. The molecule has 8 nitrogen and oxygen atoms in total. The van der Waals surface area contributed by atoms with E-state index in [-0.39, 0.29) is 17.2 Å². The van der Waals surface area contributed by atoms with Crippen LogP contribution in [0.25, 0.3) is 27.6 Å². The SMILES string of the molecule is CCn1c(=O)c2ccccc2n2c(CSc3nc4ccccc4c(=O)n3C3CCCCC3)nnc12. The molecule has 0 N–H and O–H groups in total. The van der Waals surface area contributed by atoms with Crippen molar-refractivity contribution in [3.8, 4) is 0 Å². The van der Waals surface area contributed by atoms with Gasteiger partial charge in [0.25, 0.3) is 11.1 Å². The number of para-hydroxylation sites is 2. The number of aryl methyl sites for hydroxylation is 1. The van der Waals surface area contributed by atoms with E-state index in [1.807, 2.05) is 64.4 Å². The average Bonchev–Trinajstić information content (AvgIpc) is 3.32. The molecule has 9 heteroatoms. The molecule has 0 aliphatic heterocycles. The largest absolute Gasteiger partial charge is 0.284 e. The molecule has 35 heavy (non-hydrogen) atoms. The maximum Gasteiger partial charge on any atom is 0.262 e. The van der Waals surface area contributed by atoms with E-state index < -0.39 is 0 Å². The Bertz CT molecular complexity index is 1680. The van der Waals surface area contributed by atoms with E-state index in [0.717, 1.165) is 37.0 Å². The summed E-state index contributed by atoms with van der Waals surface area (Å²) in [5.41, 5.74) is 1.46. The summed E-state index contributed by atoms with van der Waals surface area (Å²) in [6.07, 6.45) is 5.46. The molecule has 5 aromatic rings. The first-order valence-electron chi connectivity index (χ1n) is 12.2. The van der Waals surface area contributed by atoms with Gasteiger partial charge in [-0.1, -0.05) is 55.3 Å². The molecule has 1 aliphatic rings. The van der Waals surface area contributed by atoms with Crippen molar-refractivity contribution in [2.75, 3.05) is 0 Å². The molecular weight excluding hydrogens is 460 g/mol. The zero-order chi connectivity index (χ0) is 23.9. The second-order valence-electron chi connectivity index (χ2n) is 8.99. The minimum atomic E-state index is -0.0652. The lowest BCUT2D eigenvalue weighted by atomic mass is 9.95. The first kappa shape index (κ1) is 22.0. The maximum absolute atomic E-state index is 13.6. The van der Waals surface area contributed by atoms with Gasteiger partial charge in [0.2, 0.25) is 5.78 Å². The zero-order valence-electron chi connectivity index (χ0n) is 19.6. The number of rotatable bonds is 5. The second-order valence-corrected chi connectivity index (χ2v) is 9.93. The molecule has 0 unspecified atom stereocenters. The van der Waals surface area contributed by atoms with Crippen molar-refractivity contribution in [2.45, 2.75) is 62.5 Å². The number of benzene rings is 2. The van der Waals surface area contributed by atoms with E-state index in [1.165, 1.54) is 18.2 Å². The summed E-state index contributed by atoms with van der Waals surface area (Å²) in [4.78, 5) is 31.4.